The van der Waals surface area contributed by atoms with E-state index in [9.17, 15) is 4.79 Å². The molecule has 2 aliphatic rings. The average Bonchev–Trinajstić information content (AvgIpc) is 2.93. The van der Waals surface area contributed by atoms with Gasteiger partial charge in [0.2, 0.25) is 0 Å². The normalized spacial score (nSPS) is 22.3. The Bertz CT molecular complexity index is 412. The molecule has 0 aromatic rings. The quantitative estimate of drug-likeness (QED) is 0.706. The Labute approximate surface area is 154 Å². The van der Waals surface area contributed by atoms with E-state index in [1.54, 1.807) is 0 Å². The van der Waals surface area contributed by atoms with Crippen molar-refractivity contribution in [2.24, 2.45) is 11.3 Å². The van der Waals surface area contributed by atoms with Crippen LogP contribution < -0.4 is 10.6 Å². The Kier molecular flexibility index (Phi) is 7.19. The SMILES string of the molecule is CC(C)CC(CNC(=O)OC(C)(C)C)NC1CCC2(CCCC2)CC1. The van der Waals surface area contributed by atoms with Crippen LogP contribution in [0.3, 0.4) is 0 Å². The smallest absolute Gasteiger partial charge is 0.407 e. The minimum absolute atomic E-state index is 0.309. The molecule has 1 atom stereocenters. The molecule has 25 heavy (non-hydrogen) atoms. The molecule has 1 spiro atoms. The summed E-state index contributed by atoms with van der Waals surface area (Å²) in [5, 5.41) is 6.80. The summed E-state index contributed by atoms with van der Waals surface area (Å²) in [4.78, 5) is 11.9. The van der Waals surface area contributed by atoms with Crippen molar-refractivity contribution in [3.8, 4) is 0 Å². The summed E-state index contributed by atoms with van der Waals surface area (Å²) in [5.41, 5.74) is 0.241. The first-order chi connectivity index (χ1) is 11.7. The third-order valence-electron chi connectivity index (χ3n) is 5.83. The molecule has 1 unspecified atom stereocenters. The summed E-state index contributed by atoms with van der Waals surface area (Å²) in [6.45, 7) is 10.8. The predicted octanol–water partition coefficient (Wildman–Crippen LogP) is 5.02. The molecule has 146 valence electrons. The van der Waals surface area contributed by atoms with E-state index in [0.29, 0.717) is 30.0 Å². The van der Waals surface area contributed by atoms with Crippen LogP contribution in [0, 0.1) is 11.3 Å². The first-order valence-corrected chi connectivity index (χ1v) is 10.4. The van der Waals surface area contributed by atoms with Gasteiger partial charge in [-0.25, -0.2) is 4.79 Å². The highest BCUT2D eigenvalue weighted by Gasteiger charge is 2.37. The van der Waals surface area contributed by atoms with Crippen LogP contribution in [-0.2, 0) is 4.74 Å². The molecule has 0 bridgehead atoms. The van der Waals surface area contributed by atoms with Crippen molar-refractivity contribution in [1.29, 1.82) is 0 Å². The Balaban J connectivity index is 1.78. The Hall–Kier alpha value is -0.770. The topological polar surface area (TPSA) is 50.4 Å². The van der Waals surface area contributed by atoms with Crippen molar-refractivity contribution in [1.82, 2.24) is 10.6 Å². The zero-order chi connectivity index (χ0) is 18.5. The standard InChI is InChI=1S/C21H40N2O2/c1-16(2)14-18(15-22-19(24)25-20(3,4)5)23-17-8-12-21(13-9-17)10-6-7-11-21/h16-18,23H,6-15H2,1-5H3,(H,22,24). The lowest BCUT2D eigenvalue weighted by Gasteiger charge is -2.39. The summed E-state index contributed by atoms with van der Waals surface area (Å²) < 4.78 is 5.37. The molecule has 2 fully saturated rings. The highest BCUT2D eigenvalue weighted by Crippen LogP contribution is 2.48. The van der Waals surface area contributed by atoms with Crippen molar-refractivity contribution in [2.75, 3.05) is 6.54 Å². The zero-order valence-corrected chi connectivity index (χ0v) is 17.1. The van der Waals surface area contributed by atoms with Gasteiger partial charge in [-0.15, -0.1) is 0 Å². The van der Waals surface area contributed by atoms with Crippen LogP contribution in [0.25, 0.3) is 0 Å². The fourth-order valence-electron chi connectivity index (χ4n) is 4.66. The largest absolute Gasteiger partial charge is 0.444 e. The van der Waals surface area contributed by atoms with Gasteiger partial charge in [0, 0.05) is 18.6 Å². The molecule has 2 saturated carbocycles. The molecule has 4 nitrogen and oxygen atoms in total. The van der Waals surface area contributed by atoms with Crippen LogP contribution in [0.1, 0.15) is 92.4 Å². The van der Waals surface area contributed by atoms with E-state index >= 15 is 0 Å². The average molecular weight is 353 g/mol. The molecule has 1 amide bonds. The number of ether oxygens (including phenoxy) is 1. The maximum absolute atomic E-state index is 11.9. The van der Waals surface area contributed by atoms with Crippen molar-refractivity contribution >= 4 is 6.09 Å². The number of rotatable bonds is 6. The summed E-state index contributed by atoms with van der Waals surface area (Å²) in [7, 11) is 0. The predicted molar refractivity (Wildman–Crippen MR) is 104 cm³/mol. The van der Waals surface area contributed by atoms with E-state index in [1.165, 1.54) is 51.4 Å². The van der Waals surface area contributed by atoms with E-state index in [2.05, 4.69) is 24.5 Å². The number of hydrogen-bond donors (Lipinski definition) is 2. The van der Waals surface area contributed by atoms with Gasteiger partial charge in [0.15, 0.2) is 0 Å². The lowest BCUT2D eigenvalue weighted by Crippen LogP contribution is -2.48. The van der Waals surface area contributed by atoms with E-state index in [-0.39, 0.29) is 6.09 Å². The van der Waals surface area contributed by atoms with Gasteiger partial charge in [-0.2, -0.15) is 0 Å². The molecular formula is C21H40N2O2. The monoisotopic (exact) mass is 352 g/mol. The van der Waals surface area contributed by atoms with E-state index in [4.69, 9.17) is 4.74 Å². The molecule has 0 aromatic heterocycles. The molecular weight excluding hydrogens is 312 g/mol. The lowest BCUT2D eigenvalue weighted by molar-refractivity contribution is 0.0518. The molecule has 4 heteroatoms. The number of alkyl carbamates (subject to hydrolysis) is 1. The van der Waals surface area contributed by atoms with Crippen LogP contribution in [-0.4, -0.2) is 30.3 Å². The third-order valence-corrected chi connectivity index (χ3v) is 5.83. The second-order valence-corrected chi connectivity index (χ2v) is 9.86. The van der Waals surface area contributed by atoms with Gasteiger partial charge in [0.05, 0.1) is 0 Å². The first kappa shape index (κ1) is 20.5. The molecule has 0 saturated heterocycles. The summed E-state index contributed by atoms with van der Waals surface area (Å²) >= 11 is 0. The van der Waals surface area contributed by atoms with Gasteiger partial charge in [0.25, 0.3) is 0 Å². The molecule has 0 aromatic carbocycles. The zero-order valence-electron chi connectivity index (χ0n) is 17.1. The van der Waals surface area contributed by atoms with Crippen LogP contribution in [0.5, 0.6) is 0 Å². The molecule has 0 heterocycles. The van der Waals surface area contributed by atoms with E-state index < -0.39 is 5.60 Å². The van der Waals surface area contributed by atoms with Crippen LogP contribution in [0.4, 0.5) is 4.79 Å². The highest BCUT2D eigenvalue weighted by atomic mass is 16.6. The van der Waals surface area contributed by atoms with E-state index in [1.807, 2.05) is 20.8 Å². The lowest BCUT2D eigenvalue weighted by atomic mass is 9.71. The fourth-order valence-corrected chi connectivity index (χ4v) is 4.66. The van der Waals surface area contributed by atoms with Gasteiger partial charge in [-0.05, 0) is 77.0 Å². The Morgan fingerprint density at radius 2 is 1.72 bits per heavy atom. The summed E-state index contributed by atoms with van der Waals surface area (Å²) in [6.07, 6.45) is 11.9. The maximum atomic E-state index is 11.9. The van der Waals surface area contributed by atoms with Crippen molar-refractivity contribution < 1.29 is 9.53 Å². The van der Waals surface area contributed by atoms with Crippen LogP contribution >= 0.6 is 0 Å². The van der Waals surface area contributed by atoms with Gasteiger partial charge in [-0.3, -0.25) is 0 Å². The van der Waals surface area contributed by atoms with Gasteiger partial charge < -0.3 is 15.4 Å². The number of amides is 1. The van der Waals surface area contributed by atoms with Gasteiger partial charge in [-0.1, -0.05) is 26.7 Å². The number of carbonyl (C=O) groups excluding carboxylic acids is 1. The molecule has 0 aliphatic heterocycles. The summed E-state index contributed by atoms with van der Waals surface area (Å²) in [5.74, 6) is 0.614. The number of carbonyl (C=O) groups is 1. The molecule has 2 N–H and O–H groups in total. The molecule has 2 rings (SSSR count). The fraction of sp³-hybridized carbons (Fsp3) is 0.952. The van der Waals surface area contributed by atoms with Crippen molar-refractivity contribution in [3.63, 3.8) is 0 Å². The van der Waals surface area contributed by atoms with Crippen LogP contribution in [0.2, 0.25) is 0 Å². The number of nitrogens with one attached hydrogen (secondary N) is 2. The Morgan fingerprint density at radius 3 is 2.24 bits per heavy atom. The minimum atomic E-state index is -0.440. The van der Waals surface area contributed by atoms with Crippen molar-refractivity contribution in [2.45, 2.75) is 110 Å². The molecule has 0 radical (unpaired) electrons. The van der Waals surface area contributed by atoms with E-state index in [0.717, 1.165) is 6.42 Å². The summed E-state index contributed by atoms with van der Waals surface area (Å²) in [6, 6.07) is 0.936. The minimum Gasteiger partial charge on any atom is -0.444 e. The first-order valence-electron chi connectivity index (χ1n) is 10.4. The Morgan fingerprint density at radius 1 is 1.12 bits per heavy atom. The third kappa shape index (κ3) is 7.16. The van der Waals surface area contributed by atoms with Gasteiger partial charge >= 0.3 is 6.09 Å². The second-order valence-electron chi connectivity index (χ2n) is 9.86. The van der Waals surface area contributed by atoms with Crippen LogP contribution in [0.15, 0.2) is 0 Å². The highest BCUT2D eigenvalue weighted by molar-refractivity contribution is 5.67. The van der Waals surface area contributed by atoms with Gasteiger partial charge in [0.1, 0.15) is 5.60 Å². The molecule has 2 aliphatic carbocycles. The van der Waals surface area contributed by atoms with Crippen molar-refractivity contribution in [3.05, 3.63) is 0 Å². The second kappa shape index (κ2) is 8.75. The number of hydrogen-bond acceptors (Lipinski definition) is 3. The maximum Gasteiger partial charge on any atom is 0.407 e.